The van der Waals surface area contributed by atoms with Gasteiger partial charge in [0.15, 0.2) is 0 Å². The molecule has 1 aromatic rings. The SMILES string of the molecule is CCC1CCC(O)(CNc2ncc(C)cn2)CC1. The first-order valence-corrected chi connectivity index (χ1v) is 6.86. The van der Waals surface area contributed by atoms with Crippen molar-refractivity contribution in [1.82, 2.24) is 9.97 Å². The second kappa shape index (κ2) is 5.65. The minimum absolute atomic E-state index is 0.548. The van der Waals surface area contributed by atoms with Gasteiger partial charge in [-0.05, 0) is 44.1 Å². The van der Waals surface area contributed by atoms with Crippen molar-refractivity contribution < 1.29 is 5.11 Å². The maximum Gasteiger partial charge on any atom is 0.222 e. The van der Waals surface area contributed by atoms with Gasteiger partial charge in [-0.2, -0.15) is 0 Å². The van der Waals surface area contributed by atoms with Crippen LogP contribution in [0.25, 0.3) is 0 Å². The third-order valence-corrected chi connectivity index (χ3v) is 3.97. The topological polar surface area (TPSA) is 58.0 Å². The largest absolute Gasteiger partial charge is 0.388 e. The van der Waals surface area contributed by atoms with Gasteiger partial charge in [-0.15, -0.1) is 0 Å². The van der Waals surface area contributed by atoms with Gasteiger partial charge in [-0.3, -0.25) is 0 Å². The minimum Gasteiger partial charge on any atom is -0.388 e. The summed E-state index contributed by atoms with van der Waals surface area (Å²) in [6, 6.07) is 0. The first-order valence-electron chi connectivity index (χ1n) is 6.86. The van der Waals surface area contributed by atoms with Crippen LogP contribution in [-0.4, -0.2) is 27.2 Å². The number of rotatable bonds is 4. The average molecular weight is 249 g/mol. The summed E-state index contributed by atoms with van der Waals surface area (Å²) in [6.45, 7) is 4.74. The normalized spacial score (nSPS) is 28.1. The van der Waals surface area contributed by atoms with Gasteiger partial charge in [0.1, 0.15) is 0 Å². The molecule has 1 saturated carbocycles. The molecule has 18 heavy (non-hydrogen) atoms. The number of aryl methyl sites for hydroxylation is 1. The Hall–Kier alpha value is -1.16. The Kier molecular flexibility index (Phi) is 4.17. The zero-order valence-electron chi connectivity index (χ0n) is 11.3. The van der Waals surface area contributed by atoms with E-state index in [1.165, 1.54) is 6.42 Å². The van der Waals surface area contributed by atoms with Crippen LogP contribution in [0.3, 0.4) is 0 Å². The summed E-state index contributed by atoms with van der Waals surface area (Å²) in [7, 11) is 0. The van der Waals surface area contributed by atoms with E-state index in [0.29, 0.717) is 12.5 Å². The summed E-state index contributed by atoms with van der Waals surface area (Å²) in [5.74, 6) is 1.40. The van der Waals surface area contributed by atoms with Crippen molar-refractivity contribution in [3.05, 3.63) is 18.0 Å². The molecule has 0 aromatic carbocycles. The van der Waals surface area contributed by atoms with Crippen LogP contribution < -0.4 is 5.32 Å². The summed E-state index contributed by atoms with van der Waals surface area (Å²) in [5.41, 5.74) is 0.461. The molecule has 2 N–H and O–H groups in total. The van der Waals surface area contributed by atoms with Crippen molar-refractivity contribution in [2.45, 2.75) is 51.6 Å². The highest BCUT2D eigenvalue weighted by Crippen LogP contribution is 2.33. The lowest BCUT2D eigenvalue weighted by Crippen LogP contribution is -2.40. The number of nitrogens with one attached hydrogen (secondary N) is 1. The van der Waals surface area contributed by atoms with E-state index in [-0.39, 0.29) is 0 Å². The second-order valence-electron chi connectivity index (χ2n) is 5.51. The monoisotopic (exact) mass is 249 g/mol. The molecule has 0 amide bonds. The van der Waals surface area contributed by atoms with E-state index >= 15 is 0 Å². The number of hydrogen-bond donors (Lipinski definition) is 2. The van der Waals surface area contributed by atoms with Gasteiger partial charge in [0, 0.05) is 18.9 Å². The molecule has 0 saturated heterocycles. The van der Waals surface area contributed by atoms with Gasteiger partial charge in [0.25, 0.3) is 0 Å². The van der Waals surface area contributed by atoms with Crippen LogP contribution in [0.1, 0.15) is 44.6 Å². The van der Waals surface area contributed by atoms with E-state index in [1.54, 1.807) is 12.4 Å². The first-order chi connectivity index (χ1) is 8.61. The number of nitrogens with zero attached hydrogens (tertiary/aromatic N) is 2. The van der Waals surface area contributed by atoms with E-state index in [9.17, 15) is 5.11 Å². The first kappa shape index (κ1) is 13.3. The van der Waals surface area contributed by atoms with Crippen LogP contribution >= 0.6 is 0 Å². The second-order valence-corrected chi connectivity index (χ2v) is 5.51. The molecule has 0 unspecified atom stereocenters. The lowest BCUT2D eigenvalue weighted by Gasteiger charge is -2.35. The summed E-state index contributed by atoms with van der Waals surface area (Å²) in [4.78, 5) is 8.38. The van der Waals surface area contributed by atoms with Gasteiger partial charge in [-0.25, -0.2) is 9.97 Å². The van der Waals surface area contributed by atoms with Gasteiger partial charge in [-0.1, -0.05) is 13.3 Å². The van der Waals surface area contributed by atoms with E-state index < -0.39 is 5.60 Å². The fraction of sp³-hybridized carbons (Fsp3) is 0.714. The van der Waals surface area contributed by atoms with Crippen LogP contribution in [0.15, 0.2) is 12.4 Å². The maximum absolute atomic E-state index is 10.5. The molecular formula is C14H23N3O. The predicted molar refractivity (Wildman–Crippen MR) is 72.5 cm³/mol. The number of aromatic nitrogens is 2. The Morgan fingerprint density at radius 1 is 1.33 bits per heavy atom. The molecule has 4 heteroatoms. The third kappa shape index (κ3) is 3.42. The maximum atomic E-state index is 10.5. The Balaban J connectivity index is 1.84. The molecule has 1 aliphatic rings. The van der Waals surface area contributed by atoms with Gasteiger partial charge >= 0.3 is 0 Å². The molecule has 1 aromatic heterocycles. The van der Waals surface area contributed by atoms with Crippen molar-refractivity contribution in [3.63, 3.8) is 0 Å². The number of aliphatic hydroxyl groups is 1. The molecule has 0 spiro atoms. The number of hydrogen-bond acceptors (Lipinski definition) is 4. The van der Waals surface area contributed by atoms with Gasteiger partial charge < -0.3 is 10.4 Å². The van der Waals surface area contributed by atoms with Crippen LogP contribution in [0.4, 0.5) is 5.95 Å². The smallest absolute Gasteiger partial charge is 0.222 e. The molecule has 1 heterocycles. The molecule has 0 atom stereocenters. The van der Waals surface area contributed by atoms with Crippen LogP contribution in [0.5, 0.6) is 0 Å². The molecule has 0 radical (unpaired) electrons. The van der Waals surface area contributed by atoms with E-state index in [1.807, 2.05) is 6.92 Å². The van der Waals surface area contributed by atoms with Gasteiger partial charge in [0.2, 0.25) is 5.95 Å². The van der Waals surface area contributed by atoms with Crippen molar-refractivity contribution in [2.75, 3.05) is 11.9 Å². The summed E-state index contributed by atoms with van der Waals surface area (Å²) in [6.07, 6.45) is 8.81. The highest BCUT2D eigenvalue weighted by molar-refractivity contribution is 5.25. The predicted octanol–water partition coefficient (Wildman–Crippen LogP) is 2.53. The third-order valence-electron chi connectivity index (χ3n) is 3.97. The lowest BCUT2D eigenvalue weighted by atomic mass is 9.78. The van der Waals surface area contributed by atoms with E-state index in [0.717, 1.165) is 37.2 Å². The molecule has 4 nitrogen and oxygen atoms in total. The van der Waals surface area contributed by atoms with Crippen molar-refractivity contribution >= 4 is 5.95 Å². The molecule has 1 aliphatic carbocycles. The van der Waals surface area contributed by atoms with Crippen LogP contribution in [0, 0.1) is 12.8 Å². The van der Waals surface area contributed by atoms with Crippen LogP contribution in [0.2, 0.25) is 0 Å². The van der Waals surface area contributed by atoms with Crippen LogP contribution in [-0.2, 0) is 0 Å². The molecule has 100 valence electrons. The van der Waals surface area contributed by atoms with E-state index in [4.69, 9.17) is 0 Å². The Morgan fingerprint density at radius 2 is 1.94 bits per heavy atom. The summed E-state index contributed by atoms with van der Waals surface area (Å²) < 4.78 is 0. The summed E-state index contributed by atoms with van der Waals surface area (Å²) >= 11 is 0. The molecule has 0 aliphatic heterocycles. The van der Waals surface area contributed by atoms with Crippen molar-refractivity contribution in [3.8, 4) is 0 Å². The zero-order chi connectivity index (χ0) is 13.0. The molecule has 0 bridgehead atoms. The lowest BCUT2D eigenvalue weighted by molar-refractivity contribution is 0.00216. The fourth-order valence-corrected chi connectivity index (χ4v) is 2.53. The van der Waals surface area contributed by atoms with E-state index in [2.05, 4.69) is 22.2 Å². The summed E-state index contributed by atoms with van der Waals surface area (Å²) in [5, 5.41) is 13.6. The van der Waals surface area contributed by atoms with Crippen molar-refractivity contribution in [1.29, 1.82) is 0 Å². The molecule has 1 fully saturated rings. The van der Waals surface area contributed by atoms with Gasteiger partial charge in [0.05, 0.1) is 5.60 Å². The molecular weight excluding hydrogens is 226 g/mol. The fourth-order valence-electron chi connectivity index (χ4n) is 2.53. The highest BCUT2D eigenvalue weighted by Gasteiger charge is 2.32. The Morgan fingerprint density at radius 3 is 2.50 bits per heavy atom. The van der Waals surface area contributed by atoms with Crippen molar-refractivity contribution in [2.24, 2.45) is 5.92 Å². The Labute approximate surface area is 109 Å². The molecule has 2 rings (SSSR count). The number of anilines is 1. The highest BCUT2D eigenvalue weighted by atomic mass is 16.3. The average Bonchev–Trinajstić information content (AvgIpc) is 2.39. The minimum atomic E-state index is -0.583. The zero-order valence-corrected chi connectivity index (χ0v) is 11.3. The standard InChI is InChI=1S/C14H23N3O/c1-3-12-4-6-14(18,7-5-12)10-17-13-15-8-11(2)9-16-13/h8-9,12,18H,3-7,10H2,1-2H3,(H,15,16,17). The quantitative estimate of drug-likeness (QED) is 0.861. The Bertz CT molecular complexity index is 369.